The molecule has 0 bridgehead atoms. The van der Waals surface area contributed by atoms with Gasteiger partial charge in [0, 0.05) is 0 Å². The largest absolute Gasteiger partial charge is 0.353 e. The highest BCUT2D eigenvalue weighted by atomic mass is 16.7. The summed E-state index contributed by atoms with van der Waals surface area (Å²) in [5.41, 5.74) is 0. The van der Waals surface area contributed by atoms with Crippen LogP contribution in [0.1, 0.15) is 33.1 Å². The fourth-order valence-electron chi connectivity index (χ4n) is 1.44. The van der Waals surface area contributed by atoms with Crippen LogP contribution in [0.25, 0.3) is 0 Å². The van der Waals surface area contributed by atoms with E-state index in [4.69, 9.17) is 9.47 Å². The highest BCUT2D eigenvalue weighted by molar-refractivity contribution is 4.60. The quantitative estimate of drug-likeness (QED) is 0.613. The van der Waals surface area contributed by atoms with Gasteiger partial charge in [-0.05, 0) is 25.7 Å². The topological polar surface area (TPSA) is 18.5 Å². The van der Waals surface area contributed by atoms with Gasteiger partial charge < -0.3 is 9.47 Å². The second kappa shape index (κ2) is 4.73. The van der Waals surface area contributed by atoms with Gasteiger partial charge in [0.1, 0.15) is 0 Å². The molecule has 1 saturated heterocycles. The van der Waals surface area contributed by atoms with Crippen molar-refractivity contribution in [3.8, 4) is 0 Å². The maximum atomic E-state index is 5.45. The molecule has 0 aromatic rings. The predicted octanol–water partition coefficient (Wildman–Crippen LogP) is 2.19. The molecule has 2 unspecified atom stereocenters. The first kappa shape index (κ1) is 9.01. The third-order valence-electron chi connectivity index (χ3n) is 2.14. The van der Waals surface area contributed by atoms with E-state index in [-0.39, 0.29) is 6.29 Å². The Morgan fingerprint density at radius 3 is 2.91 bits per heavy atom. The second-order valence-electron chi connectivity index (χ2n) is 3.22. The molecular weight excluding hydrogens is 140 g/mol. The SMILES string of the molecule is CCCC1CCOC(C)OC1. The first-order chi connectivity index (χ1) is 5.33. The summed E-state index contributed by atoms with van der Waals surface area (Å²) in [4.78, 5) is 0. The molecule has 11 heavy (non-hydrogen) atoms. The van der Waals surface area contributed by atoms with E-state index in [1.807, 2.05) is 6.92 Å². The fourth-order valence-corrected chi connectivity index (χ4v) is 1.44. The first-order valence-electron chi connectivity index (χ1n) is 4.56. The number of hydrogen-bond donors (Lipinski definition) is 0. The van der Waals surface area contributed by atoms with Crippen LogP contribution in [-0.4, -0.2) is 19.5 Å². The van der Waals surface area contributed by atoms with Crippen LogP contribution < -0.4 is 0 Å². The Kier molecular flexibility index (Phi) is 3.87. The van der Waals surface area contributed by atoms with Crippen molar-refractivity contribution in [1.29, 1.82) is 0 Å². The summed E-state index contributed by atoms with van der Waals surface area (Å²) in [5, 5.41) is 0. The summed E-state index contributed by atoms with van der Waals surface area (Å²) >= 11 is 0. The average Bonchev–Trinajstić information content (AvgIpc) is 2.17. The molecule has 0 aromatic heterocycles. The molecule has 0 spiro atoms. The van der Waals surface area contributed by atoms with E-state index in [2.05, 4.69) is 6.92 Å². The Morgan fingerprint density at radius 2 is 2.18 bits per heavy atom. The van der Waals surface area contributed by atoms with E-state index >= 15 is 0 Å². The molecule has 0 aromatic carbocycles. The molecular formula is C9H18O2. The van der Waals surface area contributed by atoms with Crippen molar-refractivity contribution < 1.29 is 9.47 Å². The van der Waals surface area contributed by atoms with Crippen molar-refractivity contribution in [2.75, 3.05) is 13.2 Å². The van der Waals surface area contributed by atoms with Crippen LogP contribution in [0.4, 0.5) is 0 Å². The molecule has 0 N–H and O–H groups in total. The highest BCUT2D eigenvalue weighted by Gasteiger charge is 2.15. The molecule has 66 valence electrons. The molecule has 2 atom stereocenters. The Bertz CT molecular complexity index is 104. The van der Waals surface area contributed by atoms with Gasteiger partial charge in [0.15, 0.2) is 6.29 Å². The van der Waals surface area contributed by atoms with Gasteiger partial charge in [-0.25, -0.2) is 0 Å². The smallest absolute Gasteiger partial charge is 0.154 e. The maximum absolute atomic E-state index is 5.45. The average molecular weight is 158 g/mol. The lowest BCUT2D eigenvalue weighted by molar-refractivity contribution is -0.115. The molecule has 0 amide bonds. The van der Waals surface area contributed by atoms with Crippen LogP contribution in [0.5, 0.6) is 0 Å². The van der Waals surface area contributed by atoms with Crippen molar-refractivity contribution in [3.63, 3.8) is 0 Å². The summed E-state index contributed by atoms with van der Waals surface area (Å²) in [5.74, 6) is 0.727. The lowest BCUT2D eigenvalue weighted by Gasteiger charge is -2.11. The highest BCUT2D eigenvalue weighted by Crippen LogP contribution is 2.16. The Balaban J connectivity index is 2.22. The molecule has 2 nitrogen and oxygen atoms in total. The van der Waals surface area contributed by atoms with Gasteiger partial charge in [0.05, 0.1) is 13.2 Å². The van der Waals surface area contributed by atoms with Gasteiger partial charge in [-0.15, -0.1) is 0 Å². The van der Waals surface area contributed by atoms with Crippen molar-refractivity contribution in [2.24, 2.45) is 5.92 Å². The summed E-state index contributed by atoms with van der Waals surface area (Å²) in [7, 11) is 0. The maximum Gasteiger partial charge on any atom is 0.154 e. The van der Waals surface area contributed by atoms with E-state index in [0.29, 0.717) is 0 Å². The fraction of sp³-hybridized carbons (Fsp3) is 1.00. The lowest BCUT2D eigenvalue weighted by Crippen LogP contribution is -2.11. The van der Waals surface area contributed by atoms with E-state index in [9.17, 15) is 0 Å². The minimum atomic E-state index is 0.0110. The van der Waals surface area contributed by atoms with E-state index in [0.717, 1.165) is 25.6 Å². The molecule has 1 aliphatic heterocycles. The first-order valence-corrected chi connectivity index (χ1v) is 4.56. The Morgan fingerprint density at radius 1 is 1.36 bits per heavy atom. The number of hydrogen-bond acceptors (Lipinski definition) is 2. The summed E-state index contributed by atoms with van der Waals surface area (Å²) in [6.07, 6.45) is 3.70. The van der Waals surface area contributed by atoms with Crippen molar-refractivity contribution >= 4 is 0 Å². The third-order valence-corrected chi connectivity index (χ3v) is 2.14. The number of rotatable bonds is 2. The van der Waals surface area contributed by atoms with Crippen molar-refractivity contribution in [2.45, 2.75) is 39.4 Å². The standard InChI is InChI=1S/C9H18O2/c1-3-4-9-5-6-10-8(2)11-7-9/h8-9H,3-7H2,1-2H3. The minimum Gasteiger partial charge on any atom is -0.353 e. The van der Waals surface area contributed by atoms with Crippen LogP contribution in [0.15, 0.2) is 0 Å². The predicted molar refractivity (Wildman–Crippen MR) is 44.4 cm³/mol. The van der Waals surface area contributed by atoms with Gasteiger partial charge in [-0.3, -0.25) is 0 Å². The molecule has 0 aliphatic carbocycles. The Labute approximate surface area is 68.9 Å². The molecule has 0 radical (unpaired) electrons. The van der Waals surface area contributed by atoms with Crippen molar-refractivity contribution in [1.82, 2.24) is 0 Å². The molecule has 1 rings (SSSR count). The van der Waals surface area contributed by atoms with Gasteiger partial charge in [0.25, 0.3) is 0 Å². The zero-order valence-electron chi connectivity index (χ0n) is 7.51. The van der Waals surface area contributed by atoms with Crippen LogP contribution in [0, 0.1) is 5.92 Å². The van der Waals surface area contributed by atoms with Gasteiger partial charge in [0.2, 0.25) is 0 Å². The van der Waals surface area contributed by atoms with Crippen LogP contribution in [0.2, 0.25) is 0 Å². The molecule has 1 aliphatic rings. The van der Waals surface area contributed by atoms with Gasteiger partial charge in [-0.1, -0.05) is 13.3 Å². The van der Waals surface area contributed by atoms with Crippen LogP contribution in [-0.2, 0) is 9.47 Å². The van der Waals surface area contributed by atoms with E-state index in [1.54, 1.807) is 0 Å². The summed E-state index contributed by atoms with van der Waals surface area (Å²) < 4.78 is 10.8. The molecule has 0 saturated carbocycles. The minimum absolute atomic E-state index is 0.0110. The third kappa shape index (κ3) is 3.21. The molecule has 2 heteroatoms. The normalized spacial score (nSPS) is 33.3. The Hall–Kier alpha value is -0.0800. The monoisotopic (exact) mass is 158 g/mol. The molecule has 1 heterocycles. The molecule has 1 fully saturated rings. The zero-order valence-corrected chi connectivity index (χ0v) is 7.51. The summed E-state index contributed by atoms with van der Waals surface area (Å²) in [6.45, 7) is 5.93. The van der Waals surface area contributed by atoms with E-state index < -0.39 is 0 Å². The summed E-state index contributed by atoms with van der Waals surface area (Å²) in [6, 6.07) is 0. The second-order valence-corrected chi connectivity index (χ2v) is 3.22. The van der Waals surface area contributed by atoms with Gasteiger partial charge >= 0.3 is 0 Å². The van der Waals surface area contributed by atoms with Crippen LogP contribution in [0.3, 0.4) is 0 Å². The lowest BCUT2D eigenvalue weighted by atomic mass is 10.0. The van der Waals surface area contributed by atoms with Crippen molar-refractivity contribution in [3.05, 3.63) is 0 Å². The number of ether oxygens (including phenoxy) is 2. The van der Waals surface area contributed by atoms with Gasteiger partial charge in [-0.2, -0.15) is 0 Å². The van der Waals surface area contributed by atoms with E-state index in [1.165, 1.54) is 12.8 Å². The zero-order chi connectivity index (χ0) is 8.10. The van der Waals surface area contributed by atoms with Crippen LogP contribution >= 0.6 is 0 Å².